The van der Waals surface area contributed by atoms with Crippen LogP contribution < -0.4 is 9.47 Å². The molecule has 0 radical (unpaired) electrons. The van der Waals surface area contributed by atoms with Crippen LogP contribution in [0.3, 0.4) is 0 Å². The van der Waals surface area contributed by atoms with Crippen LogP contribution in [0.15, 0.2) is 36.4 Å². The van der Waals surface area contributed by atoms with Crippen molar-refractivity contribution in [3.05, 3.63) is 58.8 Å². The van der Waals surface area contributed by atoms with Crippen LogP contribution in [0.25, 0.3) is 10.9 Å². The van der Waals surface area contributed by atoms with Crippen LogP contribution in [0.1, 0.15) is 40.5 Å². The summed E-state index contributed by atoms with van der Waals surface area (Å²) in [5.41, 5.74) is 4.59. The van der Waals surface area contributed by atoms with E-state index in [0.717, 1.165) is 23.7 Å². The van der Waals surface area contributed by atoms with E-state index >= 15 is 0 Å². The van der Waals surface area contributed by atoms with Gasteiger partial charge in [0.15, 0.2) is 11.5 Å². The lowest BCUT2D eigenvalue weighted by atomic mass is 9.87. The standard InChI is InChI=1S/C22H20N2O3/c1-13-3-6-18-16(9-13)17-11-15(5-7-19(17)24-18)22(25)27-20-8-4-14(12-23)10-21(20)26-2/h4-5,7-8,10-11,13,24H,3,6,9H2,1-2H3. The summed E-state index contributed by atoms with van der Waals surface area (Å²) in [4.78, 5) is 16.2. The smallest absolute Gasteiger partial charge is 0.343 e. The molecule has 1 unspecified atom stereocenters. The summed E-state index contributed by atoms with van der Waals surface area (Å²) >= 11 is 0. The fourth-order valence-electron chi connectivity index (χ4n) is 3.70. The zero-order chi connectivity index (χ0) is 19.0. The van der Waals surface area contributed by atoms with Gasteiger partial charge in [-0.2, -0.15) is 5.26 Å². The average molecular weight is 360 g/mol. The largest absolute Gasteiger partial charge is 0.493 e. The second kappa shape index (κ2) is 6.81. The van der Waals surface area contributed by atoms with Gasteiger partial charge in [0.05, 0.1) is 24.3 Å². The van der Waals surface area contributed by atoms with Gasteiger partial charge in [0.2, 0.25) is 0 Å². The van der Waals surface area contributed by atoms with Gasteiger partial charge < -0.3 is 14.5 Å². The fraction of sp³-hybridized carbons (Fsp3) is 0.273. The van der Waals surface area contributed by atoms with Crippen molar-refractivity contribution in [2.24, 2.45) is 5.92 Å². The fourth-order valence-corrected chi connectivity index (χ4v) is 3.70. The number of benzene rings is 2. The number of aromatic nitrogens is 1. The molecule has 0 aliphatic heterocycles. The number of fused-ring (bicyclic) bond motifs is 3. The third-order valence-electron chi connectivity index (χ3n) is 5.17. The Hall–Kier alpha value is -3.26. The zero-order valence-corrected chi connectivity index (χ0v) is 15.3. The zero-order valence-electron chi connectivity index (χ0n) is 15.3. The molecule has 1 aromatic heterocycles. The Balaban J connectivity index is 1.65. The number of esters is 1. The summed E-state index contributed by atoms with van der Waals surface area (Å²) < 4.78 is 10.8. The van der Waals surface area contributed by atoms with Crippen LogP contribution in [-0.4, -0.2) is 18.1 Å². The van der Waals surface area contributed by atoms with E-state index in [1.54, 1.807) is 24.3 Å². The Morgan fingerprint density at radius 1 is 1.22 bits per heavy atom. The second-order valence-corrected chi connectivity index (χ2v) is 7.06. The highest BCUT2D eigenvalue weighted by molar-refractivity contribution is 5.97. The molecule has 136 valence electrons. The second-order valence-electron chi connectivity index (χ2n) is 7.06. The Kier molecular flexibility index (Phi) is 4.33. The molecular weight excluding hydrogens is 340 g/mol. The first-order chi connectivity index (χ1) is 13.1. The van der Waals surface area contributed by atoms with Gasteiger partial charge in [-0.05, 0) is 61.1 Å². The summed E-state index contributed by atoms with van der Waals surface area (Å²) in [6.45, 7) is 2.26. The van der Waals surface area contributed by atoms with Gasteiger partial charge in [-0.1, -0.05) is 6.92 Å². The molecule has 0 saturated carbocycles. The van der Waals surface area contributed by atoms with E-state index in [1.807, 2.05) is 18.2 Å². The first kappa shape index (κ1) is 17.2. The topological polar surface area (TPSA) is 75.1 Å². The number of nitriles is 1. The number of hydrogen-bond acceptors (Lipinski definition) is 4. The minimum Gasteiger partial charge on any atom is -0.493 e. The molecule has 1 atom stereocenters. The van der Waals surface area contributed by atoms with Crippen molar-refractivity contribution < 1.29 is 14.3 Å². The molecule has 1 N–H and O–H groups in total. The van der Waals surface area contributed by atoms with Gasteiger partial charge in [-0.15, -0.1) is 0 Å². The molecule has 4 rings (SSSR count). The molecule has 1 heterocycles. The monoisotopic (exact) mass is 360 g/mol. The van der Waals surface area contributed by atoms with Crippen molar-refractivity contribution in [1.82, 2.24) is 4.98 Å². The van der Waals surface area contributed by atoms with Gasteiger partial charge in [0, 0.05) is 22.7 Å². The molecule has 0 spiro atoms. The van der Waals surface area contributed by atoms with E-state index in [2.05, 4.69) is 11.9 Å². The van der Waals surface area contributed by atoms with Gasteiger partial charge in [-0.25, -0.2) is 4.79 Å². The van der Waals surface area contributed by atoms with E-state index in [0.29, 0.717) is 28.5 Å². The molecule has 5 nitrogen and oxygen atoms in total. The molecule has 0 bridgehead atoms. The number of hydrogen-bond donors (Lipinski definition) is 1. The van der Waals surface area contributed by atoms with Crippen LogP contribution in [0.2, 0.25) is 0 Å². The van der Waals surface area contributed by atoms with Crippen molar-refractivity contribution in [2.75, 3.05) is 7.11 Å². The van der Waals surface area contributed by atoms with E-state index in [4.69, 9.17) is 14.7 Å². The predicted molar refractivity (Wildman–Crippen MR) is 102 cm³/mol. The van der Waals surface area contributed by atoms with Gasteiger partial charge in [0.25, 0.3) is 0 Å². The maximum atomic E-state index is 12.7. The van der Waals surface area contributed by atoms with Crippen molar-refractivity contribution >= 4 is 16.9 Å². The van der Waals surface area contributed by atoms with E-state index in [-0.39, 0.29) is 0 Å². The van der Waals surface area contributed by atoms with Crippen molar-refractivity contribution in [1.29, 1.82) is 5.26 Å². The lowest BCUT2D eigenvalue weighted by Gasteiger charge is -2.18. The van der Waals surface area contributed by atoms with Crippen LogP contribution in [0.4, 0.5) is 0 Å². The molecule has 2 aromatic carbocycles. The van der Waals surface area contributed by atoms with Gasteiger partial charge >= 0.3 is 5.97 Å². The number of carbonyl (C=O) groups excluding carboxylic acids is 1. The van der Waals surface area contributed by atoms with E-state index in [9.17, 15) is 4.79 Å². The summed E-state index contributed by atoms with van der Waals surface area (Å²) in [5.74, 6) is 0.858. The number of nitrogens with zero attached hydrogens (tertiary/aromatic N) is 1. The number of aromatic amines is 1. The summed E-state index contributed by atoms with van der Waals surface area (Å²) in [6, 6.07) is 12.4. The minimum absolute atomic E-state index is 0.298. The SMILES string of the molecule is COc1cc(C#N)ccc1OC(=O)c1ccc2[nH]c3c(c2c1)CC(C)CC3. The number of carbonyl (C=O) groups is 1. The molecular formula is C22H20N2O3. The summed E-state index contributed by atoms with van der Waals surface area (Å²) in [7, 11) is 1.48. The Morgan fingerprint density at radius 3 is 2.85 bits per heavy atom. The van der Waals surface area contributed by atoms with E-state index in [1.165, 1.54) is 24.8 Å². The van der Waals surface area contributed by atoms with Crippen LogP contribution >= 0.6 is 0 Å². The number of aryl methyl sites for hydroxylation is 1. The Labute approximate surface area is 157 Å². The average Bonchev–Trinajstić information content (AvgIpc) is 3.05. The van der Waals surface area contributed by atoms with Crippen LogP contribution in [-0.2, 0) is 12.8 Å². The first-order valence-electron chi connectivity index (χ1n) is 9.03. The molecule has 0 fully saturated rings. The lowest BCUT2D eigenvalue weighted by molar-refractivity contribution is 0.0730. The molecule has 1 aliphatic rings. The van der Waals surface area contributed by atoms with E-state index < -0.39 is 5.97 Å². The lowest BCUT2D eigenvalue weighted by Crippen LogP contribution is -2.11. The van der Waals surface area contributed by atoms with Crippen LogP contribution in [0, 0.1) is 17.2 Å². The maximum absolute atomic E-state index is 12.7. The molecule has 5 heteroatoms. The number of methoxy groups -OCH3 is 1. The highest BCUT2D eigenvalue weighted by atomic mass is 16.6. The highest BCUT2D eigenvalue weighted by Crippen LogP contribution is 2.33. The summed E-state index contributed by atoms with van der Waals surface area (Å²) in [5, 5.41) is 10.1. The molecule has 27 heavy (non-hydrogen) atoms. The van der Waals surface area contributed by atoms with Gasteiger partial charge in [0.1, 0.15) is 0 Å². The van der Waals surface area contributed by atoms with Gasteiger partial charge in [-0.3, -0.25) is 0 Å². The Morgan fingerprint density at radius 2 is 2.07 bits per heavy atom. The third kappa shape index (κ3) is 3.15. The molecule has 1 aliphatic carbocycles. The molecule has 3 aromatic rings. The first-order valence-corrected chi connectivity index (χ1v) is 9.03. The number of ether oxygens (including phenoxy) is 2. The number of nitrogens with one attached hydrogen (secondary N) is 1. The predicted octanol–water partition coefficient (Wildman–Crippen LogP) is 4.39. The quantitative estimate of drug-likeness (QED) is 0.555. The highest BCUT2D eigenvalue weighted by Gasteiger charge is 2.21. The minimum atomic E-state index is -0.446. The molecule has 0 amide bonds. The number of H-pyrrole nitrogens is 1. The maximum Gasteiger partial charge on any atom is 0.343 e. The third-order valence-corrected chi connectivity index (χ3v) is 5.17. The Bertz CT molecular complexity index is 1080. The molecule has 0 saturated heterocycles. The van der Waals surface area contributed by atoms with Crippen molar-refractivity contribution in [2.45, 2.75) is 26.2 Å². The summed E-state index contributed by atoms with van der Waals surface area (Å²) in [6.07, 6.45) is 3.26. The number of rotatable bonds is 3. The van der Waals surface area contributed by atoms with Crippen molar-refractivity contribution in [3.63, 3.8) is 0 Å². The van der Waals surface area contributed by atoms with Crippen molar-refractivity contribution in [3.8, 4) is 17.6 Å². The normalized spacial score (nSPS) is 15.8. The van der Waals surface area contributed by atoms with Crippen LogP contribution in [0.5, 0.6) is 11.5 Å².